The van der Waals surface area contributed by atoms with Gasteiger partial charge in [0.2, 0.25) is 10.0 Å². The third-order valence-corrected chi connectivity index (χ3v) is 5.93. The molecule has 0 amide bonds. The zero-order chi connectivity index (χ0) is 19.3. The molecule has 8 nitrogen and oxygen atoms in total. The fourth-order valence-electron chi connectivity index (χ4n) is 3.04. The van der Waals surface area contributed by atoms with E-state index in [0.717, 1.165) is 24.3 Å². The van der Waals surface area contributed by atoms with E-state index in [4.69, 9.17) is 4.74 Å². The van der Waals surface area contributed by atoms with Crippen molar-refractivity contribution in [1.82, 2.24) is 14.9 Å². The fourth-order valence-corrected chi connectivity index (χ4v) is 4.32. The monoisotopic (exact) mass is 391 g/mol. The Balaban J connectivity index is 1.57. The van der Waals surface area contributed by atoms with Gasteiger partial charge in [-0.2, -0.15) is 5.10 Å². The number of aryl methyl sites for hydroxylation is 1. The van der Waals surface area contributed by atoms with Gasteiger partial charge in [0.25, 0.3) is 0 Å². The molecule has 0 radical (unpaired) electrons. The van der Waals surface area contributed by atoms with Gasteiger partial charge >= 0.3 is 0 Å². The number of methoxy groups -OCH3 is 1. The van der Waals surface area contributed by atoms with Crippen LogP contribution < -0.4 is 19.7 Å². The van der Waals surface area contributed by atoms with Gasteiger partial charge in [-0.15, -0.1) is 5.10 Å². The number of nitrogens with one attached hydrogen (secondary N) is 2. The van der Waals surface area contributed by atoms with E-state index in [9.17, 15) is 8.42 Å². The Morgan fingerprint density at radius 1 is 1.19 bits per heavy atom. The van der Waals surface area contributed by atoms with Crippen LogP contribution in [0.5, 0.6) is 5.75 Å². The van der Waals surface area contributed by atoms with Crippen molar-refractivity contribution >= 4 is 21.5 Å². The molecule has 0 saturated carbocycles. The van der Waals surface area contributed by atoms with Gasteiger partial charge in [-0.05, 0) is 37.5 Å². The Bertz CT molecular complexity index is 882. The first-order valence-corrected chi connectivity index (χ1v) is 10.4. The number of ether oxygens (including phenoxy) is 1. The van der Waals surface area contributed by atoms with E-state index >= 15 is 0 Å². The summed E-state index contributed by atoms with van der Waals surface area (Å²) < 4.78 is 32.9. The molecular weight excluding hydrogens is 366 g/mol. The van der Waals surface area contributed by atoms with E-state index in [1.54, 1.807) is 18.3 Å². The van der Waals surface area contributed by atoms with Crippen molar-refractivity contribution in [2.45, 2.75) is 24.7 Å². The molecule has 1 aliphatic heterocycles. The van der Waals surface area contributed by atoms with Gasteiger partial charge in [-0.1, -0.05) is 6.07 Å². The lowest BCUT2D eigenvalue weighted by atomic mass is 10.2. The highest BCUT2D eigenvalue weighted by Crippen LogP contribution is 2.24. The van der Waals surface area contributed by atoms with Crippen molar-refractivity contribution in [1.29, 1.82) is 0 Å². The first-order chi connectivity index (χ1) is 13.0. The molecule has 0 atom stereocenters. The molecule has 1 saturated heterocycles. The van der Waals surface area contributed by atoms with Crippen LogP contribution >= 0.6 is 0 Å². The standard InChI is InChI=1S/C18H25N5O3S/c1-14-5-6-16(26-2)17(11-14)27(24,25)21-8-7-19-18-12-15(13-20-22-18)23-9-3-4-10-23/h5-6,11-13,21H,3-4,7-10H2,1-2H3,(H,19,22). The van der Waals surface area contributed by atoms with Gasteiger partial charge in [0.05, 0.1) is 19.0 Å². The number of nitrogens with zero attached hydrogens (tertiary/aromatic N) is 3. The average molecular weight is 391 g/mol. The van der Waals surface area contributed by atoms with Crippen molar-refractivity contribution < 1.29 is 13.2 Å². The van der Waals surface area contributed by atoms with Crippen molar-refractivity contribution in [3.63, 3.8) is 0 Å². The van der Waals surface area contributed by atoms with E-state index in [1.807, 2.05) is 19.1 Å². The molecule has 1 aromatic heterocycles. The van der Waals surface area contributed by atoms with E-state index in [1.165, 1.54) is 20.0 Å². The number of hydrogen-bond donors (Lipinski definition) is 2. The molecule has 0 aliphatic carbocycles. The van der Waals surface area contributed by atoms with Crippen LogP contribution in [0, 0.1) is 6.92 Å². The molecule has 146 valence electrons. The van der Waals surface area contributed by atoms with Crippen molar-refractivity contribution in [2.75, 3.05) is 43.5 Å². The van der Waals surface area contributed by atoms with E-state index in [0.29, 0.717) is 18.1 Å². The second kappa shape index (κ2) is 8.53. The maximum Gasteiger partial charge on any atom is 0.244 e. The molecular formula is C18H25N5O3S. The Morgan fingerprint density at radius 2 is 1.96 bits per heavy atom. The third-order valence-electron chi connectivity index (χ3n) is 4.44. The van der Waals surface area contributed by atoms with E-state index in [-0.39, 0.29) is 11.4 Å². The Labute approximate surface area is 160 Å². The van der Waals surface area contributed by atoms with Crippen LogP contribution in [0.3, 0.4) is 0 Å². The van der Waals surface area contributed by atoms with Gasteiger partial charge < -0.3 is 15.0 Å². The zero-order valence-corrected chi connectivity index (χ0v) is 16.4. The summed E-state index contributed by atoms with van der Waals surface area (Å²) in [5.41, 5.74) is 1.89. The summed E-state index contributed by atoms with van der Waals surface area (Å²) in [5, 5.41) is 11.2. The van der Waals surface area contributed by atoms with E-state index < -0.39 is 10.0 Å². The molecule has 3 rings (SSSR count). The van der Waals surface area contributed by atoms with Gasteiger partial charge in [-0.25, -0.2) is 13.1 Å². The Morgan fingerprint density at radius 3 is 2.70 bits per heavy atom. The molecule has 2 aromatic rings. The predicted octanol–water partition coefficient (Wildman–Crippen LogP) is 1.78. The van der Waals surface area contributed by atoms with Gasteiger partial charge in [-0.3, -0.25) is 0 Å². The Kier molecular flexibility index (Phi) is 6.12. The zero-order valence-electron chi connectivity index (χ0n) is 15.6. The summed E-state index contributed by atoms with van der Waals surface area (Å²) in [6, 6.07) is 7.00. The van der Waals surface area contributed by atoms with Gasteiger partial charge in [0.1, 0.15) is 10.6 Å². The molecule has 2 heterocycles. The number of benzene rings is 1. The maximum absolute atomic E-state index is 12.6. The summed E-state index contributed by atoms with van der Waals surface area (Å²) >= 11 is 0. The minimum absolute atomic E-state index is 0.140. The predicted molar refractivity (Wildman–Crippen MR) is 105 cm³/mol. The van der Waals surface area contributed by atoms with E-state index in [2.05, 4.69) is 25.1 Å². The van der Waals surface area contributed by atoms with Crippen LogP contribution in [-0.4, -0.2) is 51.9 Å². The summed E-state index contributed by atoms with van der Waals surface area (Å²) in [4.78, 5) is 2.41. The highest BCUT2D eigenvalue weighted by atomic mass is 32.2. The average Bonchev–Trinajstić information content (AvgIpc) is 3.20. The van der Waals surface area contributed by atoms with Crippen LogP contribution in [0.2, 0.25) is 0 Å². The largest absolute Gasteiger partial charge is 0.495 e. The number of rotatable bonds is 8. The molecule has 0 bridgehead atoms. The SMILES string of the molecule is COc1ccc(C)cc1S(=O)(=O)NCCNc1cc(N2CCCC2)cnn1. The molecule has 1 aliphatic rings. The maximum atomic E-state index is 12.6. The molecule has 1 fully saturated rings. The molecule has 0 unspecified atom stereocenters. The first kappa shape index (κ1) is 19.4. The molecule has 9 heteroatoms. The number of aromatic nitrogens is 2. The second-order valence-corrected chi connectivity index (χ2v) is 8.21. The van der Waals surface area contributed by atoms with Crippen LogP contribution in [0.15, 0.2) is 35.4 Å². The van der Waals surface area contributed by atoms with Crippen LogP contribution in [-0.2, 0) is 10.0 Å². The van der Waals surface area contributed by atoms with Crippen LogP contribution in [0.1, 0.15) is 18.4 Å². The lowest BCUT2D eigenvalue weighted by molar-refractivity contribution is 0.402. The summed E-state index contributed by atoms with van der Waals surface area (Å²) in [6.07, 6.45) is 4.13. The van der Waals surface area contributed by atoms with Gasteiger partial charge in [0, 0.05) is 32.2 Å². The minimum atomic E-state index is -3.66. The van der Waals surface area contributed by atoms with Crippen molar-refractivity contribution in [3.8, 4) is 5.75 Å². The quantitative estimate of drug-likeness (QED) is 0.662. The molecule has 2 N–H and O–H groups in total. The normalized spacial score (nSPS) is 14.4. The fraction of sp³-hybridized carbons (Fsp3) is 0.444. The first-order valence-electron chi connectivity index (χ1n) is 8.95. The molecule has 1 aromatic carbocycles. The number of anilines is 2. The Hall–Kier alpha value is -2.39. The lowest BCUT2D eigenvalue weighted by Gasteiger charge is -2.17. The smallest absolute Gasteiger partial charge is 0.244 e. The van der Waals surface area contributed by atoms with Crippen molar-refractivity contribution in [3.05, 3.63) is 36.0 Å². The topological polar surface area (TPSA) is 96.5 Å². The van der Waals surface area contributed by atoms with Crippen LogP contribution in [0.4, 0.5) is 11.5 Å². The second-order valence-electron chi connectivity index (χ2n) is 6.47. The number of hydrogen-bond acceptors (Lipinski definition) is 7. The minimum Gasteiger partial charge on any atom is -0.495 e. The summed E-state index contributed by atoms with van der Waals surface area (Å²) in [7, 11) is -2.20. The summed E-state index contributed by atoms with van der Waals surface area (Å²) in [6.45, 7) is 4.51. The van der Waals surface area contributed by atoms with Gasteiger partial charge in [0.15, 0.2) is 5.82 Å². The number of sulfonamides is 1. The van der Waals surface area contributed by atoms with Crippen LogP contribution in [0.25, 0.3) is 0 Å². The highest BCUT2D eigenvalue weighted by Gasteiger charge is 2.19. The lowest BCUT2D eigenvalue weighted by Crippen LogP contribution is -2.29. The summed E-state index contributed by atoms with van der Waals surface area (Å²) in [5.74, 6) is 0.956. The highest BCUT2D eigenvalue weighted by molar-refractivity contribution is 7.89. The molecule has 27 heavy (non-hydrogen) atoms. The molecule has 0 spiro atoms. The third kappa shape index (κ3) is 4.86. The van der Waals surface area contributed by atoms with Crippen molar-refractivity contribution in [2.24, 2.45) is 0 Å².